The number of carbonyl (C=O) groups is 2. The van der Waals surface area contributed by atoms with Gasteiger partial charge in [-0.05, 0) is 33.1 Å². The molecule has 0 aromatic rings. The first-order valence-electron chi connectivity index (χ1n) is 6.84. The van der Waals surface area contributed by atoms with Gasteiger partial charge in [0.2, 0.25) is 0 Å². The van der Waals surface area contributed by atoms with Gasteiger partial charge in [-0.3, -0.25) is 4.79 Å². The third-order valence-electron chi connectivity index (χ3n) is 4.09. The van der Waals surface area contributed by atoms with Gasteiger partial charge in [0.25, 0.3) is 0 Å². The van der Waals surface area contributed by atoms with Crippen LogP contribution in [-0.2, 0) is 9.53 Å². The van der Waals surface area contributed by atoms with Gasteiger partial charge >= 0.3 is 12.0 Å². The highest BCUT2D eigenvalue weighted by Crippen LogP contribution is 2.29. The highest BCUT2D eigenvalue weighted by atomic mass is 16.5. The third kappa shape index (κ3) is 3.37. The summed E-state index contributed by atoms with van der Waals surface area (Å²) in [4.78, 5) is 24.6. The van der Waals surface area contributed by atoms with Crippen LogP contribution in [0.15, 0.2) is 0 Å². The molecule has 0 aromatic carbocycles. The fraction of sp³-hybridized carbons (Fsp3) is 0.846. The van der Waals surface area contributed by atoms with Gasteiger partial charge in [0.15, 0.2) is 0 Å². The summed E-state index contributed by atoms with van der Waals surface area (Å²) in [6.07, 6.45) is 2.70. The summed E-state index contributed by atoms with van der Waals surface area (Å²) in [5.41, 5.74) is -0.354. The smallest absolute Gasteiger partial charge is 0.318 e. The molecule has 2 rings (SSSR count). The Hall–Kier alpha value is -1.30. The zero-order valence-electron chi connectivity index (χ0n) is 11.5. The topological polar surface area (TPSA) is 78.9 Å². The number of nitrogens with zero attached hydrogens (tertiary/aromatic N) is 1. The summed E-state index contributed by atoms with van der Waals surface area (Å²) in [7, 11) is 0. The molecule has 2 unspecified atom stereocenters. The minimum absolute atomic E-state index is 0.00725. The van der Waals surface area contributed by atoms with E-state index < -0.39 is 5.97 Å². The first-order valence-corrected chi connectivity index (χ1v) is 6.84. The quantitative estimate of drug-likeness (QED) is 0.787. The van der Waals surface area contributed by atoms with Gasteiger partial charge in [-0.1, -0.05) is 0 Å². The van der Waals surface area contributed by atoms with Crippen molar-refractivity contribution < 1.29 is 19.4 Å². The van der Waals surface area contributed by atoms with E-state index in [1.807, 2.05) is 13.8 Å². The molecule has 0 radical (unpaired) electrons. The molecule has 6 heteroatoms. The molecule has 1 aliphatic carbocycles. The molecule has 2 amide bonds. The largest absolute Gasteiger partial charge is 0.481 e. The van der Waals surface area contributed by atoms with E-state index in [2.05, 4.69) is 5.32 Å². The lowest BCUT2D eigenvalue weighted by atomic mass is 9.95. The lowest BCUT2D eigenvalue weighted by Gasteiger charge is -2.32. The molecule has 108 valence electrons. The van der Waals surface area contributed by atoms with Crippen LogP contribution in [0.2, 0.25) is 0 Å². The van der Waals surface area contributed by atoms with Crippen LogP contribution in [0.4, 0.5) is 4.79 Å². The summed E-state index contributed by atoms with van der Waals surface area (Å²) < 4.78 is 5.50. The van der Waals surface area contributed by atoms with Crippen molar-refractivity contribution in [1.82, 2.24) is 10.2 Å². The number of hydrogen-bond donors (Lipinski definition) is 2. The number of carboxylic acids is 1. The predicted molar refractivity (Wildman–Crippen MR) is 68.9 cm³/mol. The standard InChI is InChI=1S/C13H22N2O4/c1-9-13(2,6-8-19-9)14-12(18)15(10-3-4-10)7-5-11(16)17/h9-10H,3-8H2,1-2H3,(H,14,18)(H,16,17). The number of nitrogens with one attached hydrogen (secondary N) is 1. The van der Waals surface area contributed by atoms with Crippen molar-refractivity contribution in [3.05, 3.63) is 0 Å². The summed E-state index contributed by atoms with van der Waals surface area (Å²) in [6, 6.07) is 0.0455. The van der Waals surface area contributed by atoms with E-state index in [4.69, 9.17) is 9.84 Å². The Kier molecular flexibility index (Phi) is 3.99. The second kappa shape index (κ2) is 5.36. The highest BCUT2D eigenvalue weighted by Gasteiger charge is 2.41. The minimum Gasteiger partial charge on any atom is -0.481 e. The molecule has 2 aliphatic rings. The monoisotopic (exact) mass is 270 g/mol. The highest BCUT2D eigenvalue weighted by molar-refractivity contribution is 5.77. The van der Waals surface area contributed by atoms with E-state index in [0.29, 0.717) is 6.61 Å². The van der Waals surface area contributed by atoms with Crippen LogP contribution in [0.3, 0.4) is 0 Å². The van der Waals surface area contributed by atoms with Crippen molar-refractivity contribution >= 4 is 12.0 Å². The van der Waals surface area contributed by atoms with Gasteiger partial charge in [0.05, 0.1) is 18.1 Å². The molecule has 0 spiro atoms. The van der Waals surface area contributed by atoms with Crippen LogP contribution in [-0.4, -0.2) is 52.8 Å². The molecule has 0 aromatic heterocycles. The van der Waals surface area contributed by atoms with Gasteiger partial charge in [-0.2, -0.15) is 0 Å². The number of aliphatic carboxylic acids is 1. The van der Waals surface area contributed by atoms with Gasteiger partial charge in [-0.25, -0.2) is 4.79 Å². The number of carbonyl (C=O) groups excluding carboxylic acids is 1. The normalized spacial score (nSPS) is 30.1. The molecule has 1 saturated heterocycles. The Morgan fingerprint density at radius 3 is 2.63 bits per heavy atom. The van der Waals surface area contributed by atoms with Crippen molar-refractivity contribution in [3.8, 4) is 0 Å². The van der Waals surface area contributed by atoms with Crippen molar-refractivity contribution in [1.29, 1.82) is 0 Å². The van der Waals surface area contributed by atoms with Gasteiger partial charge < -0.3 is 20.1 Å². The first kappa shape index (κ1) is 14.1. The summed E-state index contributed by atoms with van der Waals surface area (Å²) >= 11 is 0. The average molecular weight is 270 g/mol. The van der Waals surface area contributed by atoms with E-state index in [-0.39, 0.29) is 36.7 Å². The molecule has 0 bridgehead atoms. The maximum atomic E-state index is 12.3. The number of amides is 2. The van der Waals surface area contributed by atoms with Crippen LogP contribution >= 0.6 is 0 Å². The Bertz CT molecular complexity index is 370. The number of rotatable bonds is 5. The van der Waals surface area contributed by atoms with E-state index in [1.165, 1.54) is 0 Å². The SMILES string of the molecule is CC1OCCC1(C)NC(=O)N(CCC(=O)O)C1CC1. The number of ether oxygens (including phenoxy) is 1. The average Bonchev–Trinajstić information content (AvgIpc) is 3.08. The maximum absolute atomic E-state index is 12.3. The number of carboxylic acid groups (broad SMARTS) is 1. The summed E-state index contributed by atoms with van der Waals surface area (Å²) in [5.74, 6) is -0.873. The zero-order chi connectivity index (χ0) is 14.0. The molecule has 1 saturated carbocycles. The predicted octanol–water partition coefficient (Wildman–Crippen LogP) is 1.20. The Labute approximate surface area is 113 Å². The summed E-state index contributed by atoms with van der Waals surface area (Å²) in [6.45, 7) is 4.85. The first-order chi connectivity index (χ1) is 8.92. The molecule has 1 heterocycles. The van der Waals surface area contributed by atoms with Gasteiger partial charge in [-0.15, -0.1) is 0 Å². The number of hydrogen-bond acceptors (Lipinski definition) is 3. The Morgan fingerprint density at radius 1 is 1.47 bits per heavy atom. The van der Waals surface area contributed by atoms with E-state index in [1.54, 1.807) is 4.90 Å². The van der Waals surface area contributed by atoms with Gasteiger partial charge in [0.1, 0.15) is 0 Å². The second-order valence-electron chi connectivity index (χ2n) is 5.68. The van der Waals surface area contributed by atoms with Crippen molar-refractivity contribution in [2.75, 3.05) is 13.2 Å². The van der Waals surface area contributed by atoms with Gasteiger partial charge in [0, 0.05) is 19.2 Å². The molecular weight excluding hydrogens is 248 g/mol. The molecule has 2 fully saturated rings. The Morgan fingerprint density at radius 2 is 2.16 bits per heavy atom. The second-order valence-corrected chi connectivity index (χ2v) is 5.68. The number of urea groups is 1. The molecule has 6 nitrogen and oxygen atoms in total. The molecule has 1 aliphatic heterocycles. The van der Waals surface area contributed by atoms with Crippen LogP contribution < -0.4 is 5.32 Å². The lowest BCUT2D eigenvalue weighted by molar-refractivity contribution is -0.137. The van der Waals surface area contributed by atoms with Crippen LogP contribution in [0.5, 0.6) is 0 Å². The maximum Gasteiger partial charge on any atom is 0.318 e. The van der Waals surface area contributed by atoms with E-state index in [0.717, 1.165) is 19.3 Å². The minimum atomic E-state index is -0.873. The molecule has 19 heavy (non-hydrogen) atoms. The van der Waals surface area contributed by atoms with E-state index in [9.17, 15) is 9.59 Å². The van der Waals surface area contributed by atoms with Crippen molar-refractivity contribution in [3.63, 3.8) is 0 Å². The molecular formula is C13H22N2O4. The van der Waals surface area contributed by atoms with Crippen molar-refractivity contribution in [2.24, 2.45) is 0 Å². The van der Waals surface area contributed by atoms with Crippen molar-refractivity contribution in [2.45, 2.75) is 57.2 Å². The summed E-state index contributed by atoms with van der Waals surface area (Å²) in [5, 5.41) is 11.8. The van der Waals surface area contributed by atoms with Crippen LogP contribution in [0, 0.1) is 0 Å². The van der Waals surface area contributed by atoms with Crippen LogP contribution in [0.25, 0.3) is 0 Å². The van der Waals surface area contributed by atoms with Crippen LogP contribution in [0.1, 0.15) is 39.5 Å². The lowest BCUT2D eigenvalue weighted by Crippen LogP contribution is -2.55. The Balaban J connectivity index is 1.93. The fourth-order valence-corrected chi connectivity index (χ4v) is 2.37. The molecule has 2 atom stereocenters. The molecule has 2 N–H and O–H groups in total. The fourth-order valence-electron chi connectivity index (χ4n) is 2.37. The third-order valence-corrected chi connectivity index (χ3v) is 4.09. The van der Waals surface area contributed by atoms with E-state index >= 15 is 0 Å². The zero-order valence-corrected chi connectivity index (χ0v) is 11.5.